The fourth-order valence-corrected chi connectivity index (χ4v) is 3.66. The maximum absolute atomic E-state index is 12.5. The van der Waals surface area contributed by atoms with E-state index in [4.69, 9.17) is 25.8 Å². The Hall–Kier alpha value is -2.93. The van der Waals surface area contributed by atoms with Crippen molar-refractivity contribution in [2.75, 3.05) is 31.2 Å². The number of carbonyl (C=O) groups excluding carboxylic acids is 2. The first kappa shape index (κ1) is 19.4. The molecule has 0 spiro atoms. The average Bonchev–Trinajstić information content (AvgIpc) is 2.71. The molecule has 2 amide bonds. The molecule has 0 bridgehead atoms. The molecule has 0 radical (unpaired) electrons. The van der Waals surface area contributed by atoms with Crippen molar-refractivity contribution in [3.05, 3.63) is 47.0 Å². The van der Waals surface area contributed by atoms with Crippen molar-refractivity contribution < 1.29 is 23.8 Å². The Morgan fingerprint density at radius 1 is 1.21 bits per heavy atom. The number of nitrogens with zero attached hydrogens (tertiary/aromatic N) is 1. The summed E-state index contributed by atoms with van der Waals surface area (Å²) < 4.78 is 16.7. The Morgan fingerprint density at radius 3 is 2.86 bits per heavy atom. The van der Waals surface area contributed by atoms with Crippen LogP contribution in [0.2, 0.25) is 5.02 Å². The van der Waals surface area contributed by atoms with Gasteiger partial charge in [0, 0.05) is 6.54 Å². The number of ether oxygens (including phenoxy) is 3. The highest BCUT2D eigenvalue weighted by atomic mass is 35.5. The van der Waals surface area contributed by atoms with Gasteiger partial charge in [-0.3, -0.25) is 14.5 Å². The zero-order valence-electron chi connectivity index (χ0n) is 15.9. The van der Waals surface area contributed by atoms with Gasteiger partial charge in [-0.25, -0.2) is 0 Å². The van der Waals surface area contributed by atoms with Crippen LogP contribution in [0.3, 0.4) is 0 Å². The molecule has 1 N–H and O–H groups in total. The maximum atomic E-state index is 12.5. The van der Waals surface area contributed by atoms with Crippen LogP contribution >= 0.6 is 11.6 Å². The van der Waals surface area contributed by atoms with Crippen LogP contribution in [-0.4, -0.2) is 44.2 Å². The number of fused-ring (bicyclic) bond motifs is 2. The smallest absolute Gasteiger partial charge is 0.268 e. The lowest BCUT2D eigenvalue weighted by Crippen LogP contribution is -2.49. The Bertz CT molecular complexity index is 949. The largest absolute Gasteiger partial charge is 0.486 e. The number of rotatable bonds is 5. The Labute approximate surface area is 173 Å². The standard InChI is InChI=1S/C21H21ClN2O5/c1-13-21(26)24(16-4-2-3-5-17(16)29-13)12-19(25)23-7-6-14-10-15(22)20-18(11-14)27-8-9-28-20/h2-5,10-11,13H,6-9,12H2,1H3,(H,23,25)/t13-/m1/s1. The first-order valence-corrected chi connectivity index (χ1v) is 9.82. The van der Waals surface area contributed by atoms with Crippen LogP contribution in [0.1, 0.15) is 12.5 Å². The van der Waals surface area contributed by atoms with Crippen molar-refractivity contribution in [2.24, 2.45) is 0 Å². The molecule has 29 heavy (non-hydrogen) atoms. The second-order valence-electron chi connectivity index (χ2n) is 6.85. The number of nitrogens with one attached hydrogen (secondary N) is 1. The van der Waals surface area contributed by atoms with Gasteiger partial charge >= 0.3 is 0 Å². The van der Waals surface area contributed by atoms with Gasteiger partial charge in [0.1, 0.15) is 25.5 Å². The van der Waals surface area contributed by atoms with Crippen molar-refractivity contribution in [3.8, 4) is 17.2 Å². The van der Waals surface area contributed by atoms with Gasteiger partial charge in [-0.15, -0.1) is 0 Å². The van der Waals surface area contributed by atoms with E-state index in [9.17, 15) is 9.59 Å². The number of hydrogen-bond donors (Lipinski definition) is 1. The highest BCUT2D eigenvalue weighted by Crippen LogP contribution is 2.38. The van der Waals surface area contributed by atoms with Crippen LogP contribution in [0.4, 0.5) is 5.69 Å². The van der Waals surface area contributed by atoms with Gasteiger partial charge in [0.25, 0.3) is 5.91 Å². The van der Waals surface area contributed by atoms with E-state index in [1.807, 2.05) is 24.3 Å². The number of benzene rings is 2. The summed E-state index contributed by atoms with van der Waals surface area (Å²) in [4.78, 5) is 26.4. The van der Waals surface area contributed by atoms with E-state index in [1.54, 1.807) is 19.1 Å². The van der Waals surface area contributed by atoms with Gasteiger partial charge in [0.05, 0.1) is 10.7 Å². The van der Waals surface area contributed by atoms with E-state index < -0.39 is 6.10 Å². The van der Waals surface area contributed by atoms with E-state index in [1.165, 1.54) is 4.90 Å². The zero-order valence-corrected chi connectivity index (χ0v) is 16.7. The van der Waals surface area contributed by atoms with Crippen molar-refractivity contribution in [1.82, 2.24) is 5.32 Å². The summed E-state index contributed by atoms with van der Waals surface area (Å²) in [7, 11) is 0. The van der Waals surface area contributed by atoms with E-state index >= 15 is 0 Å². The summed E-state index contributed by atoms with van der Waals surface area (Å²) >= 11 is 6.25. The lowest BCUT2D eigenvalue weighted by Gasteiger charge is -2.32. The molecule has 2 aromatic rings. The third-order valence-corrected chi connectivity index (χ3v) is 5.05. The van der Waals surface area contributed by atoms with Gasteiger partial charge in [0.2, 0.25) is 5.91 Å². The first-order chi connectivity index (χ1) is 14.0. The number of halogens is 1. The Morgan fingerprint density at radius 2 is 2.00 bits per heavy atom. The van der Waals surface area contributed by atoms with Crippen LogP contribution < -0.4 is 24.4 Å². The zero-order chi connectivity index (χ0) is 20.4. The molecule has 1 atom stereocenters. The quantitative estimate of drug-likeness (QED) is 0.810. The fraction of sp³-hybridized carbons (Fsp3) is 0.333. The molecule has 8 heteroatoms. The lowest BCUT2D eigenvalue weighted by atomic mass is 10.1. The molecule has 2 aliphatic heterocycles. The van der Waals surface area contributed by atoms with Crippen LogP contribution in [0.15, 0.2) is 36.4 Å². The molecule has 2 aromatic carbocycles. The summed E-state index contributed by atoms with van der Waals surface area (Å²) in [5, 5.41) is 3.35. The third-order valence-electron chi connectivity index (χ3n) is 4.77. The van der Waals surface area contributed by atoms with Crippen molar-refractivity contribution in [1.29, 1.82) is 0 Å². The van der Waals surface area contributed by atoms with Gasteiger partial charge in [-0.2, -0.15) is 0 Å². The Balaban J connectivity index is 1.36. The minimum Gasteiger partial charge on any atom is -0.486 e. The van der Waals surface area contributed by atoms with E-state index in [-0.39, 0.29) is 18.4 Å². The molecular formula is C21H21ClN2O5. The predicted molar refractivity (Wildman–Crippen MR) is 108 cm³/mol. The van der Waals surface area contributed by atoms with Crippen LogP contribution in [0.5, 0.6) is 17.2 Å². The van der Waals surface area contributed by atoms with Gasteiger partial charge in [-0.05, 0) is 43.2 Å². The van der Waals surface area contributed by atoms with Gasteiger partial charge in [0.15, 0.2) is 17.6 Å². The second-order valence-corrected chi connectivity index (χ2v) is 7.26. The number of hydrogen-bond acceptors (Lipinski definition) is 5. The summed E-state index contributed by atoms with van der Waals surface area (Å²) in [6.07, 6.45) is -0.0517. The molecule has 0 unspecified atom stereocenters. The second kappa shape index (κ2) is 8.21. The highest BCUT2D eigenvalue weighted by molar-refractivity contribution is 6.32. The molecule has 7 nitrogen and oxygen atoms in total. The molecule has 2 aliphatic rings. The third kappa shape index (κ3) is 4.10. The lowest BCUT2D eigenvalue weighted by molar-refractivity contribution is -0.128. The molecule has 152 valence electrons. The Kier molecular flexibility index (Phi) is 5.49. The SMILES string of the molecule is C[C@H]1Oc2ccccc2N(CC(=O)NCCc2cc(Cl)c3c(c2)OCCO3)C1=O. The molecule has 0 fully saturated rings. The summed E-state index contributed by atoms with van der Waals surface area (Å²) in [6, 6.07) is 10.9. The average molecular weight is 417 g/mol. The van der Waals surface area contributed by atoms with Crippen LogP contribution in [-0.2, 0) is 16.0 Å². The molecule has 2 heterocycles. The van der Waals surface area contributed by atoms with Crippen LogP contribution in [0, 0.1) is 0 Å². The number of anilines is 1. The molecule has 0 saturated carbocycles. The van der Waals surface area contributed by atoms with Gasteiger partial charge < -0.3 is 19.5 Å². The summed E-state index contributed by atoms with van der Waals surface area (Å²) in [5.41, 5.74) is 1.53. The molecule has 0 aliphatic carbocycles. The fourth-order valence-electron chi connectivity index (χ4n) is 3.38. The molecule has 0 aromatic heterocycles. The van der Waals surface area contributed by atoms with Crippen molar-refractivity contribution in [3.63, 3.8) is 0 Å². The van der Waals surface area contributed by atoms with Crippen molar-refractivity contribution >= 4 is 29.1 Å². The molecule has 0 saturated heterocycles. The highest BCUT2D eigenvalue weighted by Gasteiger charge is 2.32. The number of para-hydroxylation sites is 2. The number of amides is 2. The molecular weight excluding hydrogens is 396 g/mol. The minimum atomic E-state index is -0.627. The topological polar surface area (TPSA) is 77.1 Å². The molecule has 4 rings (SSSR count). The normalized spacial score (nSPS) is 17.4. The van der Waals surface area contributed by atoms with E-state index in [2.05, 4.69) is 5.32 Å². The monoisotopic (exact) mass is 416 g/mol. The van der Waals surface area contributed by atoms with Crippen molar-refractivity contribution in [2.45, 2.75) is 19.4 Å². The number of carbonyl (C=O) groups is 2. The van der Waals surface area contributed by atoms with E-state index in [0.29, 0.717) is 54.1 Å². The predicted octanol–water partition coefficient (Wildman–Crippen LogP) is 2.58. The first-order valence-electron chi connectivity index (χ1n) is 9.44. The van der Waals surface area contributed by atoms with Gasteiger partial charge in [-0.1, -0.05) is 23.7 Å². The summed E-state index contributed by atoms with van der Waals surface area (Å²) in [6.45, 7) is 2.98. The maximum Gasteiger partial charge on any atom is 0.268 e. The van der Waals surface area contributed by atoms with E-state index in [0.717, 1.165) is 5.56 Å². The van der Waals surface area contributed by atoms with Crippen LogP contribution in [0.25, 0.3) is 0 Å². The minimum absolute atomic E-state index is 0.0640. The summed E-state index contributed by atoms with van der Waals surface area (Å²) in [5.74, 6) is 1.29.